The van der Waals surface area contributed by atoms with Crippen LogP contribution in [-0.4, -0.2) is 80.8 Å². The van der Waals surface area contributed by atoms with Crippen molar-refractivity contribution in [3.63, 3.8) is 0 Å². The number of anilines is 4. The standard InChI is InChI=1S/C23H31N7O3/c24-7-11-31-15-16-32-12-8-25-21-27-22(29-23(28-21)30-9-13-33-14-10-30)26-20-6-5-18-3-1-2-4-19(18)17-20/h1-6,17H,7-16,24H2,(H2,25,26,27,28,29). The van der Waals surface area contributed by atoms with Crippen LogP contribution >= 0.6 is 0 Å². The Balaban J connectivity index is 1.42. The molecule has 2 aromatic carbocycles. The van der Waals surface area contributed by atoms with Crippen molar-refractivity contribution in [2.24, 2.45) is 5.73 Å². The lowest BCUT2D eigenvalue weighted by Gasteiger charge is -2.27. The summed E-state index contributed by atoms with van der Waals surface area (Å²) in [4.78, 5) is 15.9. The van der Waals surface area contributed by atoms with E-state index in [4.69, 9.17) is 19.9 Å². The Bertz CT molecular complexity index is 1010. The summed E-state index contributed by atoms with van der Waals surface area (Å²) in [6.45, 7) is 5.98. The zero-order valence-corrected chi connectivity index (χ0v) is 18.7. The molecule has 0 aliphatic carbocycles. The number of fused-ring (bicyclic) bond motifs is 1. The summed E-state index contributed by atoms with van der Waals surface area (Å²) < 4.78 is 16.3. The third kappa shape index (κ3) is 6.96. The lowest BCUT2D eigenvalue weighted by molar-refractivity contribution is 0.0547. The highest BCUT2D eigenvalue weighted by atomic mass is 16.5. The normalized spacial score (nSPS) is 13.9. The van der Waals surface area contributed by atoms with Crippen molar-refractivity contribution in [2.45, 2.75) is 0 Å². The summed E-state index contributed by atoms with van der Waals surface area (Å²) in [5.74, 6) is 1.60. The van der Waals surface area contributed by atoms with Crippen molar-refractivity contribution in [1.29, 1.82) is 0 Å². The first-order chi connectivity index (χ1) is 16.3. The van der Waals surface area contributed by atoms with Crippen LogP contribution in [-0.2, 0) is 14.2 Å². The van der Waals surface area contributed by atoms with Crippen LogP contribution in [0, 0.1) is 0 Å². The SMILES string of the molecule is NCCOCCOCCNc1nc(Nc2ccc3ccccc3c2)nc(N2CCOCC2)n1. The Kier molecular flexibility index (Phi) is 8.59. The van der Waals surface area contributed by atoms with Gasteiger partial charge in [-0.05, 0) is 22.9 Å². The fraction of sp³-hybridized carbons (Fsp3) is 0.435. The molecule has 10 heteroatoms. The number of nitrogens with two attached hydrogens (primary N) is 1. The second kappa shape index (κ2) is 12.3. The van der Waals surface area contributed by atoms with E-state index in [9.17, 15) is 0 Å². The first-order valence-electron chi connectivity index (χ1n) is 11.3. The smallest absolute Gasteiger partial charge is 0.233 e. The molecule has 10 nitrogen and oxygen atoms in total. The van der Waals surface area contributed by atoms with E-state index >= 15 is 0 Å². The zero-order valence-electron chi connectivity index (χ0n) is 18.7. The molecule has 0 radical (unpaired) electrons. The second-order valence-corrected chi connectivity index (χ2v) is 7.51. The van der Waals surface area contributed by atoms with Crippen LogP contribution in [0.4, 0.5) is 23.5 Å². The lowest BCUT2D eigenvalue weighted by Crippen LogP contribution is -2.37. The molecule has 2 heterocycles. The maximum atomic E-state index is 5.57. The Morgan fingerprint density at radius 1 is 0.879 bits per heavy atom. The molecule has 0 unspecified atom stereocenters. The minimum Gasteiger partial charge on any atom is -0.378 e. The number of hydrogen-bond acceptors (Lipinski definition) is 10. The van der Waals surface area contributed by atoms with Crippen LogP contribution in [0.2, 0.25) is 0 Å². The molecule has 1 fully saturated rings. The number of nitrogens with zero attached hydrogens (tertiary/aromatic N) is 4. The van der Waals surface area contributed by atoms with Gasteiger partial charge in [0.1, 0.15) is 0 Å². The first kappa shape index (κ1) is 23.1. The minimum absolute atomic E-state index is 0.486. The van der Waals surface area contributed by atoms with E-state index in [1.165, 1.54) is 5.39 Å². The van der Waals surface area contributed by atoms with E-state index < -0.39 is 0 Å². The van der Waals surface area contributed by atoms with E-state index in [-0.39, 0.29) is 0 Å². The van der Waals surface area contributed by atoms with E-state index in [0.717, 1.165) is 24.2 Å². The van der Waals surface area contributed by atoms with Gasteiger partial charge in [0.05, 0.1) is 39.6 Å². The molecule has 33 heavy (non-hydrogen) atoms. The van der Waals surface area contributed by atoms with Crippen LogP contribution in [0.15, 0.2) is 42.5 Å². The van der Waals surface area contributed by atoms with Gasteiger partial charge < -0.3 is 35.5 Å². The fourth-order valence-electron chi connectivity index (χ4n) is 3.44. The Hall–Kier alpha value is -3.05. The largest absolute Gasteiger partial charge is 0.378 e. The first-order valence-corrected chi connectivity index (χ1v) is 11.3. The number of morpholine rings is 1. The highest BCUT2D eigenvalue weighted by Crippen LogP contribution is 2.22. The van der Waals surface area contributed by atoms with Gasteiger partial charge in [-0.1, -0.05) is 30.3 Å². The van der Waals surface area contributed by atoms with Crippen molar-refractivity contribution in [3.05, 3.63) is 42.5 Å². The van der Waals surface area contributed by atoms with Gasteiger partial charge in [-0.3, -0.25) is 0 Å². The van der Waals surface area contributed by atoms with Crippen LogP contribution in [0.5, 0.6) is 0 Å². The number of nitrogens with one attached hydrogen (secondary N) is 2. The molecule has 1 aromatic heterocycles. The van der Waals surface area contributed by atoms with Gasteiger partial charge in [0.15, 0.2) is 0 Å². The van der Waals surface area contributed by atoms with Crippen LogP contribution in [0.3, 0.4) is 0 Å². The number of ether oxygens (including phenoxy) is 3. The van der Waals surface area contributed by atoms with Crippen LogP contribution in [0.25, 0.3) is 10.8 Å². The summed E-state index contributed by atoms with van der Waals surface area (Å²) in [5, 5.41) is 8.90. The molecule has 1 aliphatic rings. The summed E-state index contributed by atoms with van der Waals surface area (Å²) in [6, 6.07) is 14.4. The van der Waals surface area contributed by atoms with Gasteiger partial charge in [0, 0.05) is 31.9 Å². The van der Waals surface area contributed by atoms with Crippen LogP contribution in [0.1, 0.15) is 0 Å². The molecule has 0 atom stereocenters. The predicted molar refractivity (Wildman–Crippen MR) is 129 cm³/mol. The van der Waals surface area contributed by atoms with Crippen molar-refractivity contribution in [2.75, 3.05) is 81.4 Å². The van der Waals surface area contributed by atoms with E-state index in [0.29, 0.717) is 70.6 Å². The fourth-order valence-corrected chi connectivity index (χ4v) is 3.44. The van der Waals surface area contributed by atoms with Crippen molar-refractivity contribution in [1.82, 2.24) is 15.0 Å². The molecule has 4 rings (SSSR count). The summed E-state index contributed by atoms with van der Waals surface area (Å²) >= 11 is 0. The third-order valence-electron chi connectivity index (χ3n) is 5.09. The van der Waals surface area contributed by atoms with Crippen molar-refractivity contribution < 1.29 is 14.2 Å². The molecule has 4 N–H and O–H groups in total. The van der Waals surface area contributed by atoms with Crippen LogP contribution < -0.4 is 21.3 Å². The maximum absolute atomic E-state index is 5.57. The van der Waals surface area contributed by atoms with E-state index in [2.05, 4.69) is 54.8 Å². The van der Waals surface area contributed by atoms with E-state index in [1.54, 1.807) is 0 Å². The number of benzene rings is 2. The Morgan fingerprint density at radius 3 is 2.45 bits per heavy atom. The summed E-state index contributed by atoms with van der Waals surface area (Å²) in [5.41, 5.74) is 6.31. The highest BCUT2D eigenvalue weighted by molar-refractivity contribution is 5.86. The molecular formula is C23H31N7O3. The molecule has 0 spiro atoms. The molecular weight excluding hydrogens is 422 g/mol. The minimum atomic E-state index is 0.486. The monoisotopic (exact) mass is 453 g/mol. The Labute approximate surface area is 193 Å². The van der Waals surface area contributed by atoms with Crippen molar-refractivity contribution >= 4 is 34.3 Å². The second-order valence-electron chi connectivity index (χ2n) is 7.51. The molecule has 0 saturated carbocycles. The number of hydrogen-bond donors (Lipinski definition) is 3. The molecule has 0 amide bonds. The molecule has 1 saturated heterocycles. The topological polar surface area (TPSA) is 120 Å². The van der Waals surface area contributed by atoms with E-state index in [1.807, 2.05) is 18.2 Å². The van der Waals surface area contributed by atoms with Gasteiger partial charge in [0.2, 0.25) is 17.8 Å². The molecule has 0 bridgehead atoms. The summed E-state index contributed by atoms with van der Waals surface area (Å²) in [6.07, 6.45) is 0. The lowest BCUT2D eigenvalue weighted by atomic mass is 10.1. The summed E-state index contributed by atoms with van der Waals surface area (Å²) in [7, 11) is 0. The molecule has 1 aliphatic heterocycles. The average Bonchev–Trinajstić information content (AvgIpc) is 2.86. The van der Waals surface area contributed by atoms with Crippen molar-refractivity contribution in [3.8, 4) is 0 Å². The van der Waals surface area contributed by atoms with Gasteiger partial charge in [-0.25, -0.2) is 0 Å². The van der Waals surface area contributed by atoms with Gasteiger partial charge in [-0.15, -0.1) is 0 Å². The Morgan fingerprint density at radius 2 is 1.64 bits per heavy atom. The highest BCUT2D eigenvalue weighted by Gasteiger charge is 2.17. The zero-order chi connectivity index (χ0) is 22.7. The quantitative estimate of drug-likeness (QED) is 0.351. The molecule has 3 aromatic rings. The number of rotatable bonds is 12. The maximum Gasteiger partial charge on any atom is 0.233 e. The third-order valence-corrected chi connectivity index (χ3v) is 5.09. The van der Waals surface area contributed by atoms with Gasteiger partial charge >= 0.3 is 0 Å². The van der Waals surface area contributed by atoms with Gasteiger partial charge in [0.25, 0.3) is 0 Å². The molecule has 176 valence electrons. The van der Waals surface area contributed by atoms with Gasteiger partial charge in [-0.2, -0.15) is 15.0 Å². The predicted octanol–water partition coefficient (Wildman–Crippen LogP) is 2.01. The average molecular weight is 454 g/mol. The number of aromatic nitrogens is 3.